The zero-order valence-corrected chi connectivity index (χ0v) is 8.64. The summed E-state index contributed by atoms with van der Waals surface area (Å²) in [7, 11) is 0. The van der Waals surface area contributed by atoms with E-state index < -0.39 is 5.97 Å². The topological polar surface area (TPSA) is 49.8 Å². The fourth-order valence-electron chi connectivity index (χ4n) is 1.74. The van der Waals surface area contributed by atoms with Gasteiger partial charge in [0.1, 0.15) is 0 Å². The van der Waals surface area contributed by atoms with Gasteiger partial charge in [0.05, 0.1) is 12.2 Å². The van der Waals surface area contributed by atoms with Crippen molar-refractivity contribution < 1.29 is 14.6 Å². The van der Waals surface area contributed by atoms with Gasteiger partial charge in [0.25, 0.3) is 0 Å². The van der Waals surface area contributed by atoms with Crippen LogP contribution < -0.4 is 0 Å². The summed E-state index contributed by atoms with van der Waals surface area (Å²) in [5, 5.41) is 8.42. The minimum Gasteiger partial charge on any atom is -0.478 e. The van der Waals surface area contributed by atoms with Gasteiger partial charge in [0, 0.05) is 25.7 Å². The fraction of sp³-hybridized carbons (Fsp3) is 0.700. The lowest BCUT2D eigenvalue weighted by atomic mass is 10.2. The molecule has 14 heavy (non-hydrogen) atoms. The van der Waals surface area contributed by atoms with E-state index in [9.17, 15) is 4.79 Å². The number of hydrogen-bond donors (Lipinski definition) is 1. The van der Waals surface area contributed by atoms with E-state index in [1.165, 1.54) is 6.08 Å². The molecule has 0 spiro atoms. The Morgan fingerprint density at radius 3 is 2.57 bits per heavy atom. The van der Waals surface area contributed by atoms with Gasteiger partial charge in [-0.15, -0.1) is 0 Å². The van der Waals surface area contributed by atoms with Crippen molar-refractivity contribution in [3.63, 3.8) is 0 Å². The lowest BCUT2D eigenvalue weighted by Gasteiger charge is -2.34. The van der Waals surface area contributed by atoms with E-state index in [2.05, 4.69) is 4.90 Å². The molecule has 1 rings (SSSR count). The Morgan fingerprint density at radius 2 is 2.07 bits per heavy atom. The molecule has 0 bridgehead atoms. The van der Waals surface area contributed by atoms with Crippen LogP contribution >= 0.6 is 0 Å². The van der Waals surface area contributed by atoms with Crippen LogP contribution in [-0.2, 0) is 9.53 Å². The predicted octanol–water partition coefficient (Wildman–Crippen LogP) is 0.736. The smallest absolute Gasteiger partial charge is 0.328 e. The lowest BCUT2D eigenvalue weighted by molar-refractivity contribution is -0.131. The van der Waals surface area contributed by atoms with Crippen molar-refractivity contribution in [1.29, 1.82) is 0 Å². The van der Waals surface area contributed by atoms with Crippen LogP contribution in [0.5, 0.6) is 0 Å². The van der Waals surface area contributed by atoms with Crippen LogP contribution in [0.3, 0.4) is 0 Å². The van der Waals surface area contributed by atoms with Crippen LogP contribution in [0.15, 0.2) is 12.2 Å². The van der Waals surface area contributed by atoms with E-state index in [1.54, 1.807) is 6.08 Å². The van der Waals surface area contributed by atoms with Crippen LogP contribution in [0.2, 0.25) is 0 Å². The molecule has 0 unspecified atom stereocenters. The maximum atomic E-state index is 10.2. The molecule has 4 nitrogen and oxygen atoms in total. The van der Waals surface area contributed by atoms with Crippen molar-refractivity contribution in [2.24, 2.45) is 0 Å². The maximum Gasteiger partial charge on any atom is 0.328 e. The number of morpholine rings is 1. The molecule has 0 aliphatic carbocycles. The molecular formula is C10H17NO3. The number of carboxylic acid groups (broad SMARTS) is 1. The number of aliphatic carboxylic acids is 1. The van der Waals surface area contributed by atoms with E-state index in [-0.39, 0.29) is 12.2 Å². The SMILES string of the molecule is C[C@@H]1CN(C/C=C/C(=O)O)C[C@H](C)O1. The van der Waals surface area contributed by atoms with Crippen molar-refractivity contribution in [2.45, 2.75) is 26.1 Å². The molecule has 0 aromatic carbocycles. The Bertz CT molecular complexity index is 217. The van der Waals surface area contributed by atoms with Gasteiger partial charge in [-0.25, -0.2) is 4.79 Å². The summed E-state index contributed by atoms with van der Waals surface area (Å²) in [6, 6.07) is 0. The molecule has 2 atom stereocenters. The quantitative estimate of drug-likeness (QED) is 0.681. The number of nitrogens with zero attached hydrogens (tertiary/aromatic N) is 1. The largest absolute Gasteiger partial charge is 0.478 e. The maximum absolute atomic E-state index is 10.2. The van der Waals surface area contributed by atoms with E-state index in [0.717, 1.165) is 13.1 Å². The van der Waals surface area contributed by atoms with Gasteiger partial charge in [-0.2, -0.15) is 0 Å². The van der Waals surface area contributed by atoms with Gasteiger partial charge in [-0.1, -0.05) is 6.08 Å². The Kier molecular flexibility index (Phi) is 4.10. The lowest BCUT2D eigenvalue weighted by Crippen LogP contribution is -2.45. The molecule has 0 radical (unpaired) electrons. The third-order valence-corrected chi connectivity index (χ3v) is 2.12. The van der Waals surface area contributed by atoms with Gasteiger partial charge in [-0.05, 0) is 13.8 Å². The number of rotatable bonds is 3. The standard InChI is InChI=1S/C10H17NO3/c1-8-6-11(7-9(2)14-8)5-3-4-10(12)13/h3-4,8-9H,5-7H2,1-2H3,(H,12,13)/b4-3+/t8-,9+. The Morgan fingerprint density at radius 1 is 1.50 bits per heavy atom. The number of hydrogen-bond acceptors (Lipinski definition) is 3. The molecular weight excluding hydrogens is 182 g/mol. The molecule has 0 aromatic heterocycles. The minimum absolute atomic E-state index is 0.233. The summed E-state index contributed by atoms with van der Waals surface area (Å²) in [6.45, 7) is 6.49. The molecule has 0 saturated carbocycles. The highest BCUT2D eigenvalue weighted by Gasteiger charge is 2.20. The molecule has 1 aliphatic heterocycles. The van der Waals surface area contributed by atoms with Gasteiger partial charge in [0.15, 0.2) is 0 Å². The van der Waals surface area contributed by atoms with Crippen molar-refractivity contribution in [3.8, 4) is 0 Å². The number of carbonyl (C=O) groups is 1. The molecule has 1 saturated heterocycles. The number of ether oxygens (including phenoxy) is 1. The van der Waals surface area contributed by atoms with Crippen molar-refractivity contribution in [2.75, 3.05) is 19.6 Å². The second-order valence-electron chi connectivity index (χ2n) is 3.72. The van der Waals surface area contributed by atoms with Gasteiger partial charge < -0.3 is 9.84 Å². The van der Waals surface area contributed by atoms with Gasteiger partial charge in [-0.3, -0.25) is 4.90 Å². The highest BCUT2D eigenvalue weighted by atomic mass is 16.5. The first-order valence-corrected chi connectivity index (χ1v) is 4.85. The van der Waals surface area contributed by atoms with Gasteiger partial charge in [0.2, 0.25) is 0 Å². The first kappa shape index (κ1) is 11.2. The normalized spacial score (nSPS) is 29.6. The molecule has 1 heterocycles. The third kappa shape index (κ3) is 3.89. The van der Waals surface area contributed by atoms with E-state index in [1.807, 2.05) is 13.8 Å². The second-order valence-corrected chi connectivity index (χ2v) is 3.72. The average molecular weight is 199 g/mol. The molecule has 1 N–H and O–H groups in total. The summed E-state index contributed by atoms with van der Waals surface area (Å²) in [5.41, 5.74) is 0. The molecule has 80 valence electrons. The summed E-state index contributed by atoms with van der Waals surface area (Å²) >= 11 is 0. The molecule has 0 aromatic rings. The predicted molar refractivity (Wildman–Crippen MR) is 53.2 cm³/mol. The Balaban J connectivity index is 2.33. The first-order chi connectivity index (χ1) is 6.58. The Labute approximate surface area is 84.2 Å². The third-order valence-electron chi connectivity index (χ3n) is 2.12. The van der Waals surface area contributed by atoms with Crippen LogP contribution in [0, 0.1) is 0 Å². The van der Waals surface area contributed by atoms with Gasteiger partial charge >= 0.3 is 5.97 Å². The molecule has 0 amide bonds. The minimum atomic E-state index is -0.889. The highest BCUT2D eigenvalue weighted by molar-refractivity contribution is 5.79. The highest BCUT2D eigenvalue weighted by Crippen LogP contribution is 2.09. The van der Waals surface area contributed by atoms with E-state index in [4.69, 9.17) is 9.84 Å². The molecule has 1 aliphatic rings. The zero-order valence-electron chi connectivity index (χ0n) is 8.64. The summed E-state index contributed by atoms with van der Waals surface area (Å²) in [5.74, 6) is -0.889. The van der Waals surface area contributed by atoms with Crippen LogP contribution in [0.4, 0.5) is 0 Å². The van der Waals surface area contributed by atoms with E-state index in [0.29, 0.717) is 6.54 Å². The monoisotopic (exact) mass is 199 g/mol. The molecule has 1 fully saturated rings. The first-order valence-electron chi connectivity index (χ1n) is 4.85. The second kappa shape index (κ2) is 5.12. The summed E-state index contributed by atoms with van der Waals surface area (Å²) in [6.07, 6.45) is 3.33. The van der Waals surface area contributed by atoms with Crippen LogP contribution in [-0.4, -0.2) is 47.8 Å². The number of carboxylic acids is 1. The summed E-state index contributed by atoms with van der Waals surface area (Å²) in [4.78, 5) is 12.4. The summed E-state index contributed by atoms with van der Waals surface area (Å²) < 4.78 is 5.56. The zero-order chi connectivity index (χ0) is 10.6. The average Bonchev–Trinajstić information content (AvgIpc) is 2.01. The Hall–Kier alpha value is -0.870. The van der Waals surface area contributed by atoms with Crippen molar-refractivity contribution in [3.05, 3.63) is 12.2 Å². The van der Waals surface area contributed by atoms with Crippen molar-refractivity contribution >= 4 is 5.97 Å². The fourth-order valence-corrected chi connectivity index (χ4v) is 1.74. The van der Waals surface area contributed by atoms with Crippen molar-refractivity contribution in [1.82, 2.24) is 4.90 Å². The molecule has 4 heteroatoms. The van der Waals surface area contributed by atoms with E-state index >= 15 is 0 Å². The van der Waals surface area contributed by atoms with Crippen LogP contribution in [0.1, 0.15) is 13.8 Å². The van der Waals surface area contributed by atoms with Crippen LogP contribution in [0.25, 0.3) is 0 Å².